The second-order valence-electron chi connectivity index (χ2n) is 5.78. The molecule has 0 fully saturated rings. The van der Waals surface area contributed by atoms with Crippen LogP contribution in [0.5, 0.6) is 5.75 Å². The average Bonchev–Trinajstić information content (AvgIpc) is 2.66. The Morgan fingerprint density at radius 1 is 0.926 bits per heavy atom. The lowest BCUT2D eigenvalue weighted by Gasteiger charge is -2.07. The molecule has 0 amide bonds. The standard InChI is InChI=1S/C22H14Cl3NO/c23-18-3-1-2-16(11-18)14-27-20-7-4-15(5-8-20)10-17(13-26)21-9-6-19(24)12-22(21)25/h1-12H,14H2/b17-10+. The molecule has 0 saturated carbocycles. The van der Waals surface area contributed by atoms with Crippen molar-refractivity contribution < 1.29 is 4.74 Å². The topological polar surface area (TPSA) is 33.0 Å². The maximum Gasteiger partial charge on any atom is 0.119 e. The van der Waals surface area contributed by atoms with Crippen molar-refractivity contribution in [2.24, 2.45) is 0 Å². The fraction of sp³-hybridized carbons (Fsp3) is 0.0455. The van der Waals surface area contributed by atoms with Crippen molar-refractivity contribution in [3.05, 3.63) is 98.5 Å². The highest BCUT2D eigenvalue weighted by atomic mass is 35.5. The number of halogens is 3. The number of nitriles is 1. The van der Waals surface area contributed by atoms with E-state index in [4.69, 9.17) is 39.5 Å². The first-order valence-electron chi connectivity index (χ1n) is 8.10. The van der Waals surface area contributed by atoms with E-state index >= 15 is 0 Å². The summed E-state index contributed by atoms with van der Waals surface area (Å²) in [5, 5.41) is 11.1. The summed E-state index contributed by atoms with van der Waals surface area (Å²) in [4.78, 5) is 0. The number of allylic oxidation sites excluding steroid dienone is 1. The molecule has 3 aromatic carbocycles. The summed E-state index contributed by atoms with van der Waals surface area (Å²) in [7, 11) is 0. The molecule has 0 radical (unpaired) electrons. The van der Waals surface area contributed by atoms with Gasteiger partial charge in [0, 0.05) is 15.6 Å². The van der Waals surface area contributed by atoms with E-state index in [1.807, 2.05) is 48.5 Å². The van der Waals surface area contributed by atoms with Crippen molar-refractivity contribution in [3.63, 3.8) is 0 Å². The normalized spacial score (nSPS) is 11.1. The second-order valence-corrected chi connectivity index (χ2v) is 7.06. The SMILES string of the molecule is N#C/C(=C\c1ccc(OCc2cccc(Cl)c2)cc1)c1ccc(Cl)cc1Cl. The van der Waals surface area contributed by atoms with Gasteiger partial charge < -0.3 is 4.74 Å². The molecule has 0 spiro atoms. The van der Waals surface area contributed by atoms with Crippen LogP contribution in [0.2, 0.25) is 15.1 Å². The van der Waals surface area contributed by atoms with Crippen LogP contribution in [0.4, 0.5) is 0 Å². The summed E-state index contributed by atoms with van der Waals surface area (Å²) in [6.07, 6.45) is 1.77. The van der Waals surface area contributed by atoms with Gasteiger partial charge in [0.25, 0.3) is 0 Å². The summed E-state index contributed by atoms with van der Waals surface area (Å²) < 4.78 is 5.77. The quantitative estimate of drug-likeness (QED) is 0.324. The Balaban J connectivity index is 1.74. The first-order valence-corrected chi connectivity index (χ1v) is 9.23. The first kappa shape index (κ1) is 19.3. The summed E-state index contributed by atoms with van der Waals surface area (Å²) in [6.45, 7) is 0.430. The lowest BCUT2D eigenvalue weighted by molar-refractivity contribution is 0.306. The van der Waals surface area contributed by atoms with Crippen molar-refractivity contribution in [3.8, 4) is 11.8 Å². The fourth-order valence-electron chi connectivity index (χ4n) is 2.50. The van der Waals surface area contributed by atoms with Gasteiger partial charge in [-0.15, -0.1) is 0 Å². The molecule has 0 saturated heterocycles. The number of nitrogens with zero attached hydrogens (tertiary/aromatic N) is 1. The van der Waals surface area contributed by atoms with E-state index in [2.05, 4.69) is 6.07 Å². The minimum atomic E-state index is 0.430. The molecule has 0 aliphatic carbocycles. The smallest absolute Gasteiger partial charge is 0.119 e. The van der Waals surface area contributed by atoms with Gasteiger partial charge in [0.2, 0.25) is 0 Å². The number of ether oxygens (including phenoxy) is 1. The van der Waals surface area contributed by atoms with Crippen LogP contribution in [0.3, 0.4) is 0 Å². The van der Waals surface area contributed by atoms with Gasteiger partial charge in [-0.25, -0.2) is 0 Å². The molecule has 27 heavy (non-hydrogen) atoms. The Hall–Kier alpha value is -2.44. The number of hydrogen-bond acceptors (Lipinski definition) is 2. The Morgan fingerprint density at radius 3 is 2.33 bits per heavy atom. The zero-order chi connectivity index (χ0) is 19.2. The summed E-state index contributed by atoms with van der Waals surface area (Å²) in [6, 6.07) is 22.3. The van der Waals surface area contributed by atoms with Crippen LogP contribution in [0.25, 0.3) is 11.6 Å². The second kappa shape index (κ2) is 8.97. The van der Waals surface area contributed by atoms with Gasteiger partial charge in [-0.05, 0) is 53.6 Å². The van der Waals surface area contributed by atoms with Gasteiger partial charge in [0.05, 0.1) is 16.7 Å². The van der Waals surface area contributed by atoms with E-state index in [0.29, 0.717) is 32.8 Å². The van der Waals surface area contributed by atoms with E-state index in [1.165, 1.54) is 0 Å². The zero-order valence-corrected chi connectivity index (χ0v) is 16.4. The number of benzene rings is 3. The van der Waals surface area contributed by atoms with Crippen molar-refractivity contribution in [1.82, 2.24) is 0 Å². The molecule has 2 nitrogen and oxygen atoms in total. The van der Waals surface area contributed by atoms with E-state index in [9.17, 15) is 5.26 Å². The van der Waals surface area contributed by atoms with Crippen molar-refractivity contribution in [2.75, 3.05) is 0 Å². The van der Waals surface area contributed by atoms with Crippen LogP contribution in [-0.4, -0.2) is 0 Å². The van der Waals surface area contributed by atoms with Crippen LogP contribution in [0, 0.1) is 11.3 Å². The van der Waals surface area contributed by atoms with E-state index in [-0.39, 0.29) is 0 Å². The molecule has 134 valence electrons. The highest BCUT2D eigenvalue weighted by Gasteiger charge is 2.07. The summed E-state index contributed by atoms with van der Waals surface area (Å²) in [5.41, 5.74) is 2.97. The molecule has 0 unspecified atom stereocenters. The molecule has 0 aromatic heterocycles. The summed E-state index contributed by atoms with van der Waals surface area (Å²) in [5.74, 6) is 0.732. The minimum Gasteiger partial charge on any atom is -0.489 e. The maximum absolute atomic E-state index is 9.48. The van der Waals surface area contributed by atoms with Crippen molar-refractivity contribution in [2.45, 2.75) is 6.61 Å². The molecule has 3 aromatic rings. The van der Waals surface area contributed by atoms with Gasteiger partial charge >= 0.3 is 0 Å². The molecule has 0 aliphatic heterocycles. The average molecular weight is 415 g/mol. The number of hydrogen-bond donors (Lipinski definition) is 0. The highest BCUT2D eigenvalue weighted by molar-refractivity contribution is 6.36. The van der Waals surface area contributed by atoms with Crippen LogP contribution in [0.1, 0.15) is 16.7 Å². The molecular weight excluding hydrogens is 401 g/mol. The van der Waals surface area contributed by atoms with Gasteiger partial charge in [0.1, 0.15) is 12.4 Å². The molecular formula is C22H14Cl3NO. The third kappa shape index (κ3) is 5.28. The Bertz CT molecular complexity index is 1020. The molecule has 0 N–H and O–H groups in total. The van der Waals surface area contributed by atoms with Crippen LogP contribution < -0.4 is 4.74 Å². The fourth-order valence-corrected chi connectivity index (χ4v) is 3.22. The molecule has 0 aliphatic rings. The lowest BCUT2D eigenvalue weighted by Crippen LogP contribution is -1.95. The van der Waals surface area contributed by atoms with E-state index < -0.39 is 0 Å². The predicted octanol–water partition coefficient (Wildman–Crippen LogP) is 7.29. The molecule has 0 atom stereocenters. The zero-order valence-electron chi connectivity index (χ0n) is 14.1. The summed E-state index contributed by atoms with van der Waals surface area (Å²) >= 11 is 18.1. The first-order chi connectivity index (χ1) is 13.0. The molecule has 0 bridgehead atoms. The van der Waals surface area contributed by atoms with Crippen molar-refractivity contribution in [1.29, 1.82) is 5.26 Å². The van der Waals surface area contributed by atoms with Gasteiger partial charge in [-0.1, -0.05) is 65.1 Å². The van der Waals surface area contributed by atoms with Gasteiger partial charge in [0.15, 0.2) is 0 Å². The van der Waals surface area contributed by atoms with Crippen molar-refractivity contribution >= 4 is 46.5 Å². The lowest BCUT2D eigenvalue weighted by atomic mass is 10.0. The number of rotatable bonds is 5. The molecule has 5 heteroatoms. The monoisotopic (exact) mass is 413 g/mol. The highest BCUT2D eigenvalue weighted by Crippen LogP contribution is 2.28. The maximum atomic E-state index is 9.48. The Morgan fingerprint density at radius 2 is 1.67 bits per heavy atom. The van der Waals surface area contributed by atoms with Crippen LogP contribution in [-0.2, 0) is 6.61 Å². The largest absolute Gasteiger partial charge is 0.489 e. The predicted molar refractivity (Wildman–Crippen MR) is 112 cm³/mol. The third-order valence-electron chi connectivity index (χ3n) is 3.83. The Labute approximate surface area is 173 Å². The molecule has 3 rings (SSSR count). The minimum absolute atomic E-state index is 0.430. The van der Waals surface area contributed by atoms with Gasteiger partial charge in [-0.3, -0.25) is 0 Å². The van der Waals surface area contributed by atoms with Crippen LogP contribution >= 0.6 is 34.8 Å². The van der Waals surface area contributed by atoms with E-state index in [0.717, 1.165) is 16.9 Å². The van der Waals surface area contributed by atoms with E-state index in [1.54, 1.807) is 24.3 Å². The van der Waals surface area contributed by atoms with Crippen LogP contribution in [0.15, 0.2) is 66.7 Å². The third-order valence-corrected chi connectivity index (χ3v) is 4.61. The van der Waals surface area contributed by atoms with Gasteiger partial charge in [-0.2, -0.15) is 5.26 Å². The Kier molecular flexibility index (Phi) is 6.42. The molecule has 0 heterocycles.